The van der Waals surface area contributed by atoms with E-state index in [0.717, 1.165) is 0 Å². The second-order valence-electron chi connectivity index (χ2n) is 2.56. The third-order valence-corrected chi connectivity index (χ3v) is 1.51. The summed E-state index contributed by atoms with van der Waals surface area (Å²) < 4.78 is 15.1. The van der Waals surface area contributed by atoms with Gasteiger partial charge in [0, 0.05) is 13.2 Å². The topological polar surface area (TPSA) is 70.8 Å². The molecule has 0 aliphatic rings. The van der Waals surface area contributed by atoms with Gasteiger partial charge in [-0.3, -0.25) is 4.79 Å². The zero-order valence-electron chi connectivity index (χ0n) is 9.39. The van der Waals surface area contributed by atoms with E-state index in [-0.39, 0.29) is 12.4 Å². The summed E-state index contributed by atoms with van der Waals surface area (Å²) in [6.07, 6.45) is -0.718. The Bertz CT molecular complexity index is 162. The molecule has 0 saturated carbocycles. The molecule has 0 saturated heterocycles. The van der Waals surface area contributed by atoms with E-state index >= 15 is 0 Å². The molecule has 0 radical (unpaired) electrons. The predicted octanol–water partition coefficient (Wildman–Crippen LogP) is 0.698. The molecular weight excluding hydrogens is 222 g/mol. The van der Waals surface area contributed by atoms with Gasteiger partial charge < -0.3 is 19.9 Å². The Morgan fingerprint density at radius 1 is 1.13 bits per heavy atom. The van der Waals surface area contributed by atoms with Gasteiger partial charge in [0.05, 0.1) is 6.61 Å². The summed E-state index contributed by atoms with van der Waals surface area (Å²) in [5.74, 6) is -0.501. The molecular formula is C9H20ClNO4. The summed E-state index contributed by atoms with van der Waals surface area (Å²) in [4.78, 5) is 11.2. The largest absolute Gasteiger partial charge is 0.465 e. The van der Waals surface area contributed by atoms with Crippen LogP contribution in [0.2, 0.25) is 0 Å². The SMILES string of the molecule is CCOC(=O)[C@@H](N)C(OCC)OCC.Cl. The molecule has 1 atom stereocenters. The molecule has 15 heavy (non-hydrogen) atoms. The van der Waals surface area contributed by atoms with E-state index in [1.54, 1.807) is 6.92 Å². The lowest BCUT2D eigenvalue weighted by Crippen LogP contribution is -2.46. The normalized spacial score (nSPS) is 12.1. The second-order valence-corrected chi connectivity index (χ2v) is 2.56. The Balaban J connectivity index is 0. The first-order chi connectivity index (χ1) is 6.67. The lowest BCUT2D eigenvalue weighted by molar-refractivity contribution is -0.174. The molecule has 0 heterocycles. The summed E-state index contributed by atoms with van der Waals surface area (Å²) in [5.41, 5.74) is 5.60. The highest BCUT2D eigenvalue weighted by Crippen LogP contribution is 2.02. The monoisotopic (exact) mass is 241 g/mol. The van der Waals surface area contributed by atoms with Gasteiger partial charge in [0.2, 0.25) is 0 Å². The Morgan fingerprint density at radius 2 is 1.60 bits per heavy atom. The molecule has 0 unspecified atom stereocenters. The van der Waals surface area contributed by atoms with Crippen molar-refractivity contribution in [2.24, 2.45) is 5.73 Å². The fraction of sp³-hybridized carbons (Fsp3) is 0.889. The molecule has 0 fully saturated rings. The second kappa shape index (κ2) is 10.2. The first-order valence-electron chi connectivity index (χ1n) is 4.82. The zero-order valence-corrected chi connectivity index (χ0v) is 10.2. The first-order valence-corrected chi connectivity index (χ1v) is 4.82. The third-order valence-electron chi connectivity index (χ3n) is 1.51. The fourth-order valence-corrected chi connectivity index (χ4v) is 0.934. The van der Waals surface area contributed by atoms with Crippen molar-refractivity contribution in [1.82, 2.24) is 0 Å². The van der Waals surface area contributed by atoms with E-state index in [2.05, 4.69) is 0 Å². The van der Waals surface area contributed by atoms with Crippen LogP contribution in [0.5, 0.6) is 0 Å². The van der Waals surface area contributed by atoms with E-state index in [1.807, 2.05) is 13.8 Å². The molecule has 0 spiro atoms. The van der Waals surface area contributed by atoms with Crippen molar-refractivity contribution in [2.45, 2.75) is 33.1 Å². The number of hydrogen-bond acceptors (Lipinski definition) is 5. The van der Waals surface area contributed by atoms with Gasteiger partial charge in [-0.2, -0.15) is 0 Å². The average Bonchev–Trinajstić information content (AvgIpc) is 2.17. The van der Waals surface area contributed by atoms with Gasteiger partial charge in [0.15, 0.2) is 12.3 Å². The number of halogens is 1. The fourth-order valence-electron chi connectivity index (χ4n) is 0.934. The van der Waals surface area contributed by atoms with Gasteiger partial charge >= 0.3 is 5.97 Å². The van der Waals surface area contributed by atoms with Crippen molar-refractivity contribution in [3.8, 4) is 0 Å². The van der Waals surface area contributed by atoms with Crippen LogP contribution in [0.4, 0.5) is 0 Å². The molecule has 6 heteroatoms. The van der Waals surface area contributed by atoms with Crippen LogP contribution >= 0.6 is 12.4 Å². The summed E-state index contributed by atoms with van der Waals surface area (Å²) >= 11 is 0. The van der Waals surface area contributed by atoms with E-state index in [0.29, 0.717) is 19.8 Å². The Labute approximate surface area is 96.7 Å². The number of ether oxygens (including phenoxy) is 3. The molecule has 92 valence electrons. The number of rotatable bonds is 7. The van der Waals surface area contributed by atoms with Crippen LogP contribution in [0.3, 0.4) is 0 Å². The molecule has 0 aromatic carbocycles. The molecule has 0 aromatic heterocycles. The summed E-state index contributed by atoms with van der Waals surface area (Å²) in [6.45, 7) is 6.53. The van der Waals surface area contributed by atoms with Crippen molar-refractivity contribution in [3.05, 3.63) is 0 Å². The maximum Gasteiger partial charge on any atom is 0.328 e. The van der Waals surface area contributed by atoms with Gasteiger partial charge in [-0.1, -0.05) is 0 Å². The van der Waals surface area contributed by atoms with Gasteiger partial charge in [0.1, 0.15) is 0 Å². The minimum Gasteiger partial charge on any atom is -0.465 e. The molecule has 0 aliphatic carbocycles. The lowest BCUT2D eigenvalue weighted by Gasteiger charge is -2.21. The molecule has 0 rings (SSSR count). The van der Waals surface area contributed by atoms with Crippen molar-refractivity contribution in [1.29, 1.82) is 0 Å². The van der Waals surface area contributed by atoms with Crippen LogP contribution in [-0.4, -0.2) is 38.1 Å². The summed E-state index contributed by atoms with van der Waals surface area (Å²) in [7, 11) is 0. The summed E-state index contributed by atoms with van der Waals surface area (Å²) in [6, 6.07) is -0.880. The summed E-state index contributed by atoms with van der Waals surface area (Å²) in [5, 5.41) is 0. The molecule has 0 bridgehead atoms. The van der Waals surface area contributed by atoms with Crippen molar-refractivity contribution in [2.75, 3.05) is 19.8 Å². The highest BCUT2D eigenvalue weighted by molar-refractivity contribution is 5.85. The number of carbonyl (C=O) groups excluding carboxylic acids is 1. The molecule has 0 amide bonds. The standard InChI is InChI=1S/C9H19NO4.ClH/c1-4-12-8(11)7(10)9(13-5-2)14-6-3;/h7,9H,4-6,10H2,1-3H3;1H/t7-;/m1./s1. The van der Waals surface area contributed by atoms with E-state index in [4.69, 9.17) is 19.9 Å². The molecule has 5 nitrogen and oxygen atoms in total. The van der Waals surface area contributed by atoms with Crippen LogP contribution in [0.15, 0.2) is 0 Å². The van der Waals surface area contributed by atoms with Crippen LogP contribution in [0.25, 0.3) is 0 Å². The van der Waals surface area contributed by atoms with E-state index in [9.17, 15) is 4.79 Å². The van der Waals surface area contributed by atoms with Crippen LogP contribution in [0, 0.1) is 0 Å². The number of hydrogen-bond donors (Lipinski definition) is 1. The first kappa shape index (κ1) is 17.0. The maximum atomic E-state index is 11.2. The smallest absolute Gasteiger partial charge is 0.328 e. The van der Waals surface area contributed by atoms with Crippen LogP contribution < -0.4 is 5.73 Å². The highest BCUT2D eigenvalue weighted by atomic mass is 35.5. The number of carbonyl (C=O) groups is 1. The van der Waals surface area contributed by atoms with Crippen molar-refractivity contribution < 1.29 is 19.0 Å². The van der Waals surface area contributed by atoms with Gasteiger partial charge in [-0.05, 0) is 20.8 Å². The maximum absolute atomic E-state index is 11.2. The minimum absolute atomic E-state index is 0. The highest BCUT2D eigenvalue weighted by Gasteiger charge is 2.26. The average molecular weight is 242 g/mol. The molecule has 2 N–H and O–H groups in total. The zero-order chi connectivity index (χ0) is 11.0. The Kier molecular flexibility index (Phi) is 11.6. The number of nitrogens with two attached hydrogens (primary N) is 1. The van der Waals surface area contributed by atoms with Gasteiger partial charge in [-0.15, -0.1) is 12.4 Å². The molecule has 0 aliphatic heterocycles. The molecule has 0 aromatic rings. The Morgan fingerprint density at radius 3 is 1.93 bits per heavy atom. The quantitative estimate of drug-likeness (QED) is 0.525. The Hall–Kier alpha value is -0.360. The van der Waals surface area contributed by atoms with Gasteiger partial charge in [0.25, 0.3) is 0 Å². The third kappa shape index (κ3) is 6.67. The van der Waals surface area contributed by atoms with Crippen LogP contribution in [0.1, 0.15) is 20.8 Å². The predicted molar refractivity (Wildman–Crippen MR) is 58.9 cm³/mol. The van der Waals surface area contributed by atoms with Gasteiger partial charge in [-0.25, -0.2) is 0 Å². The van der Waals surface area contributed by atoms with Crippen molar-refractivity contribution >= 4 is 18.4 Å². The van der Waals surface area contributed by atoms with Crippen molar-refractivity contribution in [3.63, 3.8) is 0 Å². The van der Waals surface area contributed by atoms with E-state index in [1.165, 1.54) is 0 Å². The van der Waals surface area contributed by atoms with E-state index < -0.39 is 18.3 Å². The lowest BCUT2D eigenvalue weighted by atomic mass is 10.3. The van der Waals surface area contributed by atoms with Crippen LogP contribution in [-0.2, 0) is 19.0 Å². The number of esters is 1. The minimum atomic E-state index is -0.880.